The Morgan fingerprint density at radius 1 is 1.04 bits per heavy atom. The first-order valence-corrected chi connectivity index (χ1v) is 10.4. The lowest BCUT2D eigenvalue weighted by Crippen LogP contribution is -2.34. The van der Waals surface area contributed by atoms with Gasteiger partial charge in [0.25, 0.3) is 10.0 Å². The molecule has 142 valence electrons. The molecular weight excluding hydrogens is 389 g/mol. The van der Waals surface area contributed by atoms with Crippen LogP contribution in [0.1, 0.15) is 0 Å². The zero-order chi connectivity index (χ0) is 19.3. The van der Waals surface area contributed by atoms with Gasteiger partial charge in [0.15, 0.2) is 11.6 Å². The summed E-state index contributed by atoms with van der Waals surface area (Å²) in [6.07, 6.45) is 0. The van der Waals surface area contributed by atoms with Gasteiger partial charge in [0.05, 0.1) is 19.3 Å². The molecule has 0 saturated carbocycles. The minimum Gasteiger partial charge on any atom is -0.497 e. The van der Waals surface area contributed by atoms with Gasteiger partial charge in [-0.2, -0.15) is 0 Å². The van der Waals surface area contributed by atoms with Crippen LogP contribution in [0.2, 0.25) is 0 Å². The Kier molecular flexibility index (Phi) is 5.98. The molecule has 1 heterocycles. The first kappa shape index (κ1) is 19.2. The van der Waals surface area contributed by atoms with Gasteiger partial charge in [-0.15, -0.1) is 11.3 Å². The van der Waals surface area contributed by atoms with E-state index in [0.717, 1.165) is 11.3 Å². The predicted molar refractivity (Wildman–Crippen MR) is 104 cm³/mol. The number of nitrogens with zero attached hydrogens (tertiary/aromatic N) is 1. The quantitative estimate of drug-likeness (QED) is 0.562. The average Bonchev–Trinajstić information content (AvgIpc) is 3.22. The zero-order valence-electron chi connectivity index (χ0n) is 14.5. The SMILES string of the molecule is COc1ccc(N(CCOc2ccccc2F)S(=O)(=O)c2cccs2)cc1. The summed E-state index contributed by atoms with van der Waals surface area (Å²) in [5.74, 6) is 0.213. The largest absolute Gasteiger partial charge is 0.497 e. The molecule has 0 aliphatic rings. The summed E-state index contributed by atoms with van der Waals surface area (Å²) in [6, 6.07) is 15.9. The number of para-hydroxylation sites is 1. The van der Waals surface area contributed by atoms with Gasteiger partial charge in [-0.3, -0.25) is 4.31 Å². The molecule has 3 aromatic rings. The third-order valence-electron chi connectivity index (χ3n) is 3.79. The van der Waals surface area contributed by atoms with Gasteiger partial charge in [0, 0.05) is 0 Å². The number of anilines is 1. The maximum atomic E-state index is 13.7. The molecule has 0 spiro atoms. The van der Waals surface area contributed by atoms with Crippen molar-refractivity contribution >= 4 is 27.0 Å². The fourth-order valence-corrected chi connectivity index (χ4v) is 5.01. The van der Waals surface area contributed by atoms with Crippen LogP contribution >= 0.6 is 11.3 Å². The van der Waals surface area contributed by atoms with Crippen molar-refractivity contribution in [2.75, 3.05) is 24.6 Å². The van der Waals surface area contributed by atoms with Gasteiger partial charge in [-0.1, -0.05) is 18.2 Å². The molecule has 1 aromatic heterocycles. The van der Waals surface area contributed by atoms with E-state index >= 15 is 0 Å². The Morgan fingerprint density at radius 3 is 2.41 bits per heavy atom. The molecule has 0 fully saturated rings. The van der Waals surface area contributed by atoms with Gasteiger partial charge in [0.2, 0.25) is 0 Å². The number of hydrogen-bond acceptors (Lipinski definition) is 5. The van der Waals surface area contributed by atoms with Gasteiger partial charge < -0.3 is 9.47 Å². The van der Waals surface area contributed by atoms with E-state index in [4.69, 9.17) is 9.47 Å². The molecule has 0 unspecified atom stereocenters. The van der Waals surface area contributed by atoms with Crippen molar-refractivity contribution in [2.24, 2.45) is 0 Å². The Labute approximate surface area is 161 Å². The number of ether oxygens (including phenoxy) is 2. The maximum absolute atomic E-state index is 13.7. The molecule has 2 aromatic carbocycles. The summed E-state index contributed by atoms with van der Waals surface area (Å²) < 4.78 is 51.8. The van der Waals surface area contributed by atoms with Crippen molar-refractivity contribution in [3.8, 4) is 11.5 Å². The van der Waals surface area contributed by atoms with E-state index < -0.39 is 15.8 Å². The summed E-state index contributed by atoms with van der Waals surface area (Å²) in [7, 11) is -2.22. The molecule has 0 amide bonds. The van der Waals surface area contributed by atoms with Crippen LogP contribution in [0.4, 0.5) is 10.1 Å². The number of benzene rings is 2. The first-order chi connectivity index (χ1) is 13.0. The monoisotopic (exact) mass is 407 g/mol. The Bertz CT molecular complexity index is 973. The molecular formula is C19H18FNO4S2. The maximum Gasteiger partial charge on any atom is 0.273 e. The van der Waals surface area contributed by atoms with Crippen molar-refractivity contribution in [3.63, 3.8) is 0 Å². The lowest BCUT2D eigenvalue weighted by molar-refractivity contribution is 0.311. The van der Waals surface area contributed by atoms with Crippen molar-refractivity contribution in [1.82, 2.24) is 0 Å². The lowest BCUT2D eigenvalue weighted by atomic mass is 10.3. The number of thiophene rings is 1. The molecule has 5 nitrogen and oxygen atoms in total. The molecule has 27 heavy (non-hydrogen) atoms. The van der Waals surface area contributed by atoms with Crippen molar-refractivity contribution < 1.29 is 22.3 Å². The summed E-state index contributed by atoms with van der Waals surface area (Å²) >= 11 is 1.14. The number of rotatable bonds is 8. The smallest absolute Gasteiger partial charge is 0.273 e. The van der Waals surface area contributed by atoms with Gasteiger partial charge in [-0.05, 0) is 47.8 Å². The Hall–Kier alpha value is -2.58. The minimum absolute atomic E-state index is 0.00241. The van der Waals surface area contributed by atoms with Crippen LogP contribution in [-0.2, 0) is 10.0 Å². The predicted octanol–water partition coefficient (Wildman–Crippen LogP) is 4.17. The third kappa shape index (κ3) is 4.40. The molecule has 0 aliphatic heterocycles. The van der Waals surface area contributed by atoms with Crippen molar-refractivity contribution in [3.05, 3.63) is 71.9 Å². The molecule has 0 aliphatic carbocycles. The van der Waals surface area contributed by atoms with Crippen molar-refractivity contribution in [2.45, 2.75) is 4.21 Å². The normalized spacial score (nSPS) is 11.2. The summed E-state index contributed by atoms with van der Waals surface area (Å²) in [5.41, 5.74) is 0.473. The van der Waals surface area contributed by atoms with Crippen LogP contribution in [0, 0.1) is 5.82 Å². The first-order valence-electron chi connectivity index (χ1n) is 8.10. The van der Waals surface area contributed by atoms with Gasteiger partial charge in [-0.25, -0.2) is 12.8 Å². The topological polar surface area (TPSA) is 55.8 Å². The second-order valence-electron chi connectivity index (χ2n) is 5.49. The molecule has 3 rings (SSSR count). The summed E-state index contributed by atoms with van der Waals surface area (Å²) in [5, 5.41) is 1.70. The van der Waals surface area contributed by atoms with Crippen LogP contribution < -0.4 is 13.8 Å². The highest BCUT2D eigenvalue weighted by molar-refractivity contribution is 7.94. The van der Waals surface area contributed by atoms with Gasteiger partial charge >= 0.3 is 0 Å². The highest BCUT2D eigenvalue weighted by Crippen LogP contribution is 2.28. The second kappa shape index (κ2) is 8.41. The fourth-order valence-electron chi connectivity index (χ4n) is 2.46. The van der Waals surface area contributed by atoms with Crippen molar-refractivity contribution in [1.29, 1.82) is 0 Å². The molecule has 0 radical (unpaired) electrons. The van der Waals surface area contributed by atoms with E-state index in [1.165, 1.54) is 23.5 Å². The zero-order valence-corrected chi connectivity index (χ0v) is 16.2. The second-order valence-corrected chi connectivity index (χ2v) is 8.52. The number of hydrogen-bond donors (Lipinski definition) is 0. The van der Waals surface area contributed by atoms with E-state index in [-0.39, 0.29) is 23.1 Å². The van der Waals surface area contributed by atoms with Crippen LogP contribution in [-0.4, -0.2) is 28.7 Å². The molecule has 8 heteroatoms. The van der Waals surface area contributed by atoms with E-state index in [2.05, 4.69) is 0 Å². The van der Waals surface area contributed by atoms with Crippen LogP contribution in [0.25, 0.3) is 0 Å². The molecule has 0 saturated heterocycles. The highest BCUT2D eigenvalue weighted by Gasteiger charge is 2.26. The minimum atomic E-state index is -3.76. The molecule has 0 atom stereocenters. The standard InChI is InChI=1S/C19H18FNO4S2/c1-24-16-10-8-15(9-11-16)21(27(22,23)19-7-4-14-26-19)12-13-25-18-6-3-2-5-17(18)20/h2-11,14H,12-13H2,1H3. The highest BCUT2D eigenvalue weighted by atomic mass is 32.2. The molecule has 0 bridgehead atoms. The number of halogens is 1. The average molecular weight is 407 g/mol. The lowest BCUT2D eigenvalue weighted by Gasteiger charge is -2.24. The number of methoxy groups -OCH3 is 1. The third-order valence-corrected chi connectivity index (χ3v) is 6.99. The van der Waals surface area contributed by atoms with E-state index in [1.807, 2.05) is 0 Å². The number of sulfonamides is 1. The van der Waals surface area contributed by atoms with E-state index in [9.17, 15) is 12.8 Å². The van der Waals surface area contributed by atoms with E-state index in [0.29, 0.717) is 11.4 Å². The van der Waals surface area contributed by atoms with Gasteiger partial charge in [0.1, 0.15) is 16.6 Å². The Balaban J connectivity index is 1.84. The summed E-state index contributed by atoms with van der Waals surface area (Å²) in [4.78, 5) is 0. The Morgan fingerprint density at radius 2 is 1.78 bits per heavy atom. The molecule has 0 N–H and O–H groups in total. The summed E-state index contributed by atoms with van der Waals surface area (Å²) in [6.45, 7) is 0.0263. The van der Waals surface area contributed by atoms with Crippen LogP contribution in [0.3, 0.4) is 0 Å². The van der Waals surface area contributed by atoms with Crippen LogP contribution in [0.15, 0.2) is 70.3 Å². The fraction of sp³-hybridized carbons (Fsp3) is 0.158. The van der Waals surface area contributed by atoms with Crippen LogP contribution in [0.5, 0.6) is 11.5 Å². The van der Waals surface area contributed by atoms with E-state index in [1.54, 1.807) is 53.9 Å².